The first-order valence-corrected chi connectivity index (χ1v) is 8.01. The number of anilines is 1. The number of rotatable bonds is 4. The van der Waals surface area contributed by atoms with E-state index in [1.54, 1.807) is 0 Å². The Morgan fingerprint density at radius 2 is 1.95 bits per heavy atom. The molecule has 1 aromatic rings. The molecule has 3 nitrogen and oxygen atoms in total. The zero-order chi connectivity index (χ0) is 15.5. The van der Waals surface area contributed by atoms with Crippen molar-refractivity contribution in [3.05, 3.63) is 29.8 Å². The second-order valence-corrected chi connectivity index (χ2v) is 7.18. The fourth-order valence-corrected chi connectivity index (χ4v) is 2.67. The molecule has 0 radical (unpaired) electrons. The van der Waals surface area contributed by atoms with Crippen LogP contribution in [0.5, 0.6) is 0 Å². The summed E-state index contributed by atoms with van der Waals surface area (Å²) in [4.78, 5) is 14.5. The molecule has 1 atom stereocenters. The fraction of sp³-hybridized carbons (Fsp3) is 0.611. The molecule has 2 rings (SSSR count). The van der Waals surface area contributed by atoms with E-state index in [2.05, 4.69) is 29.3 Å². The molecule has 1 aliphatic rings. The maximum absolute atomic E-state index is 11.9. The third-order valence-electron chi connectivity index (χ3n) is 4.27. The van der Waals surface area contributed by atoms with Crippen LogP contribution in [-0.2, 0) is 11.2 Å². The molecule has 0 aliphatic carbocycles. The lowest BCUT2D eigenvalue weighted by molar-refractivity contribution is -0.123. The number of hydrogen-bond acceptors (Lipinski definition) is 2. The average Bonchev–Trinajstić information content (AvgIpc) is 2.82. The van der Waals surface area contributed by atoms with Crippen LogP contribution in [-0.4, -0.2) is 29.9 Å². The normalized spacial score (nSPS) is 19.7. The van der Waals surface area contributed by atoms with Crippen molar-refractivity contribution in [2.75, 3.05) is 18.4 Å². The molecule has 1 fully saturated rings. The number of nitrogens with zero attached hydrogens (tertiary/aromatic N) is 1. The van der Waals surface area contributed by atoms with Crippen LogP contribution in [0.25, 0.3) is 0 Å². The summed E-state index contributed by atoms with van der Waals surface area (Å²) in [5, 5.41) is 2.96. The maximum atomic E-state index is 11.9. The second-order valence-electron chi connectivity index (χ2n) is 7.18. The van der Waals surface area contributed by atoms with Crippen LogP contribution in [0.3, 0.4) is 0 Å². The van der Waals surface area contributed by atoms with Gasteiger partial charge in [0.2, 0.25) is 5.91 Å². The van der Waals surface area contributed by atoms with Gasteiger partial charge >= 0.3 is 0 Å². The summed E-state index contributed by atoms with van der Waals surface area (Å²) in [5.74, 6) is 0.0566. The quantitative estimate of drug-likeness (QED) is 0.916. The molecular weight excluding hydrogens is 260 g/mol. The van der Waals surface area contributed by atoms with Crippen LogP contribution in [0.15, 0.2) is 24.3 Å². The van der Waals surface area contributed by atoms with Crippen LogP contribution < -0.4 is 5.32 Å². The van der Waals surface area contributed by atoms with Gasteiger partial charge in [-0.1, -0.05) is 32.9 Å². The number of benzene rings is 1. The van der Waals surface area contributed by atoms with Gasteiger partial charge in [-0.2, -0.15) is 0 Å². The van der Waals surface area contributed by atoms with Gasteiger partial charge in [0.15, 0.2) is 0 Å². The highest BCUT2D eigenvalue weighted by molar-refractivity contribution is 5.94. The lowest BCUT2D eigenvalue weighted by Crippen LogP contribution is -2.29. The molecule has 1 heterocycles. The molecular formula is C18H28N2O. The van der Waals surface area contributed by atoms with E-state index in [-0.39, 0.29) is 11.3 Å². The van der Waals surface area contributed by atoms with Crippen molar-refractivity contribution in [1.82, 2.24) is 4.90 Å². The summed E-state index contributed by atoms with van der Waals surface area (Å²) in [6, 6.07) is 8.99. The van der Waals surface area contributed by atoms with Crippen LogP contribution in [0.1, 0.15) is 46.1 Å². The molecule has 0 unspecified atom stereocenters. The van der Waals surface area contributed by atoms with Gasteiger partial charge in [0.05, 0.1) is 0 Å². The Hall–Kier alpha value is -1.35. The molecule has 0 aromatic heterocycles. The first-order chi connectivity index (χ1) is 9.86. The minimum atomic E-state index is -0.357. The zero-order valence-electron chi connectivity index (χ0n) is 13.8. The predicted octanol–water partition coefficient (Wildman–Crippen LogP) is 3.70. The number of nitrogens with one attached hydrogen (secondary N) is 1. The van der Waals surface area contributed by atoms with E-state index in [9.17, 15) is 4.79 Å². The molecule has 0 bridgehead atoms. The Balaban J connectivity index is 1.86. The second kappa shape index (κ2) is 6.61. The number of amides is 1. The fourth-order valence-electron chi connectivity index (χ4n) is 2.67. The van der Waals surface area contributed by atoms with Crippen molar-refractivity contribution in [3.8, 4) is 0 Å². The van der Waals surface area contributed by atoms with Gasteiger partial charge in [-0.15, -0.1) is 0 Å². The highest BCUT2D eigenvalue weighted by Gasteiger charge is 2.21. The van der Waals surface area contributed by atoms with Gasteiger partial charge < -0.3 is 10.2 Å². The van der Waals surface area contributed by atoms with Crippen molar-refractivity contribution in [1.29, 1.82) is 0 Å². The summed E-state index contributed by atoms with van der Waals surface area (Å²) in [6.07, 6.45) is 3.74. The summed E-state index contributed by atoms with van der Waals surface area (Å²) >= 11 is 0. The highest BCUT2D eigenvalue weighted by Crippen LogP contribution is 2.19. The number of carbonyl (C=O) groups is 1. The Labute approximate surface area is 128 Å². The summed E-state index contributed by atoms with van der Waals surface area (Å²) in [7, 11) is 0. The number of carbonyl (C=O) groups excluding carboxylic acids is 1. The van der Waals surface area contributed by atoms with E-state index >= 15 is 0 Å². The Kier molecular flexibility index (Phi) is 5.04. The number of likely N-dealkylation sites (tertiary alicyclic amines) is 1. The van der Waals surface area contributed by atoms with Gasteiger partial charge in [0.1, 0.15) is 0 Å². The van der Waals surface area contributed by atoms with Crippen LogP contribution in [0, 0.1) is 5.41 Å². The van der Waals surface area contributed by atoms with Crippen LogP contribution >= 0.6 is 0 Å². The van der Waals surface area contributed by atoms with E-state index in [0.717, 1.165) is 24.7 Å². The Morgan fingerprint density at radius 3 is 2.48 bits per heavy atom. The number of hydrogen-bond donors (Lipinski definition) is 1. The molecule has 21 heavy (non-hydrogen) atoms. The Bertz CT molecular complexity index is 473. The van der Waals surface area contributed by atoms with E-state index in [1.807, 2.05) is 32.9 Å². The summed E-state index contributed by atoms with van der Waals surface area (Å²) in [6.45, 7) is 10.5. The van der Waals surface area contributed by atoms with Gasteiger partial charge in [0.25, 0.3) is 0 Å². The highest BCUT2D eigenvalue weighted by atomic mass is 16.2. The first-order valence-electron chi connectivity index (χ1n) is 8.01. The van der Waals surface area contributed by atoms with E-state index in [1.165, 1.54) is 24.9 Å². The average molecular weight is 288 g/mol. The van der Waals surface area contributed by atoms with E-state index < -0.39 is 0 Å². The Morgan fingerprint density at radius 1 is 1.29 bits per heavy atom. The lowest BCUT2D eigenvalue weighted by atomic mass is 9.95. The van der Waals surface area contributed by atoms with Gasteiger partial charge in [-0.25, -0.2) is 0 Å². The van der Waals surface area contributed by atoms with Crippen molar-refractivity contribution in [3.63, 3.8) is 0 Å². The molecule has 1 aliphatic heterocycles. The molecule has 3 heteroatoms. The third-order valence-corrected chi connectivity index (χ3v) is 4.27. The zero-order valence-corrected chi connectivity index (χ0v) is 13.8. The molecule has 1 saturated heterocycles. The lowest BCUT2D eigenvalue weighted by Gasteiger charge is -2.21. The van der Waals surface area contributed by atoms with Crippen molar-refractivity contribution < 1.29 is 4.79 Å². The first kappa shape index (κ1) is 16.0. The van der Waals surface area contributed by atoms with E-state index in [4.69, 9.17) is 0 Å². The molecule has 0 spiro atoms. The molecule has 116 valence electrons. The monoisotopic (exact) mass is 288 g/mol. The third kappa shape index (κ3) is 4.57. The predicted molar refractivity (Wildman–Crippen MR) is 88.5 cm³/mol. The summed E-state index contributed by atoms with van der Waals surface area (Å²) in [5.41, 5.74) is 1.86. The molecule has 1 aromatic carbocycles. The topological polar surface area (TPSA) is 32.3 Å². The smallest absolute Gasteiger partial charge is 0.229 e. The minimum absolute atomic E-state index is 0.0566. The van der Waals surface area contributed by atoms with Gasteiger partial charge in [0, 0.05) is 23.7 Å². The SMILES string of the molecule is C[C@@H]1CCCN1CCc1ccc(NC(=O)C(C)(C)C)cc1. The molecule has 0 saturated carbocycles. The van der Waals surface area contributed by atoms with Crippen molar-refractivity contribution in [2.45, 2.75) is 53.0 Å². The van der Waals surface area contributed by atoms with Crippen LogP contribution in [0.2, 0.25) is 0 Å². The largest absolute Gasteiger partial charge is 0.326 e. The van der Waals surface area contributed by atoms with Gasteiger partial charge in [-0.3, -0.25) is 4.79 Å². The standard InChI is InChI=1S/C18H28N2O/c1-14-6-5-12-20(14)13-11-15-7-9-16(10-8-15)19-17(21)18(2,3)4/h7-10,14H,5-6,11-13H2,1-4H3,(H,19,21)/t14-/m1/s1. The summed E-state index contributed by atoms with van der Waals surface area (Å²) < 4.78 is 0. The van der Waals surface area contributed by atoms with Crippen LogP contribution in [0.4, 0.5) is 5.69 Å². The molecule has 1 amide bonds. The van der Waals surface area contributed by atoms with Crippen molar-refractivity contribution >= 4 is 11.6 Å². The minimum Gasteiger partial charge on any atom is -0.326 e. The maximum Gasteiger partial charge on any atom is 0.229 e. The van der Waals surface area contributed by atoms with Gasteiger partial charge in [-0.05, 0) is 50.4 Å². The van der Waals surface area contributed by atoms with E-state index in [0.29, 0.717) is 0 Å². The molecule has 1 N–H and O–H groups in total. The van der Waals surface area contributed by atoms with Crippen molar-refractivity contribution in [2.24, 2.45) is 5.41 Å².